The maximum atomic E-state index is 5.63. The van der Waals surface area contributed by atoms with Crippen molar-refractivity contribution in [3.05, 3.63) is 29.3 Å². The number of nitrogens with zero attached hydrogens (tertiary/aromatic N) is 2. The van der Waals surface area contributed by atoms with E-state index in [4.69, 9.17) is 5.73 Å². The molecule has 1 fully saturated rings. The van der Waals surface area contributed by atoms with Gasteiger partial charge in [0.1, 0.15) is 0 Å². The summed E-state index contributed by atoms with van der Waals surface area (Å²) in [4.78, 5) is 5.09. The highest BCUT2D eigenvalue weighted by atomic mass is 15.3. The van der Waals surface area contributed by atoms with Gasteiger partial charge in [0, 0.05) is 37.4 Å². The SMILES string of the molecule is Cc1cc(CCN)ccc1N1CCN(C(C)(C)C)CC1. The van der Waals surface area contributed by atoms with Crippen LogP contribution in [0.3, 0.4) is 0 Å². The second-order valence-corrected chi connectivity index (χ2v) is 6.80. The van der Waals surface area contributed by atoms with Gasteiger partial charge in [-0.15, -0.1) is 0 Å². The molecule has 0 aromatic heterocycles. The Morgan fingerprint density at radius 3 is 2.25 bits per heavy atom. The predicted octanol–water partition coefficient (Wildman–Crippen LogP) is 2.42. The fourth-order valence-electron chi connectivity index (χ4n) is 3.01. The third kappa shape index (κ3) is 3.53. The van der Waals surface area contributed by atoms with Crippen LogP contribution in [0.15, 0.2) is 18.2 Å². The molecule has 1 aromatic carbocycles. The van der Waals surface area contributed by atoms with Gasteiger partial charge in [-0.3, -0.25) is 4.90 Å². The Kier molecular flexibility index (Phi) is 4.71. The Hall–Kier alpha value is -1.06. The van der Waals surface area contributed by atoms with Gasteiger partial charge in [0.25, 0.3) is 0 Å². The molecule has 0 amide bonds. The van der Waals surface area contributed by atoms with Crippen molar-refractivity contribution in [1.82, 2.24) is 4.90 Å². The Balaban J connectivity index is 2.03. The first-order valence-corrected chi connectivity index (χ1v) is 7.71. The molecule has 3 heteroatoms. The molecule has 112 valence electrons. The van der Waals surface area contributed by atoms with Gasteiger partial charge in [-0.05, 0) is 57.9 Å². The monoisotopic (exact) mass is 275 g/mol. The van der Waals surface area contributed by atoms with Gasteiger partial charge < -0.3 is 10.6 Å². The van der Waals surface area contributed by atoms with E-state index in [9.17, 15) is 0 Å². The summed E-state index contributed by atoms with van der Waals surface area (Å²) in [7, 11) is 0. The second kappa shape index (κ2) is 6.15. The summed E-state index contributed by atoms with van der Waals surface area (Å²) >= 11 is 0. The Morgan fingerprint density at radius 1 is 1.10 bits per heavy atom. The summed E-state index contributed by atoms with van der Waals surface area (Å²) in [5.41, 5.74) is 10.0. The third-order valence-electron chi connectivity index (χ3n) is 4.26. The Bertz CT molecular complexity index is 440. The smallest absolute Gasteiger partial charge is 0.0397 e. The molecular weight excluding hydrogens is 246 g/mol. The van der Waals surface area contributed by atoms with Crippen molar-refractivity contribution < 1.29 is 0 Å². The first-order chi connectivity index (χ1) is 9.41. The highest BCUT2D eigenvalue weighted by Gasteiger charge is 2.26. The van der Waals surface area contributed by atoms with Gasteiger partial charge >= 0.3 is 0 Å². The molecule has 20 heavy (non-hydrogen) atoms. The second-order valence-electron chi connectivity index (χ2n) is 6.80. The van der Waals surface area contributed by atoms with E-state index in [0.717, 1.165) is 39.1 Å². The van der Waals surface area contributed by atoms with Crippen LogP contribution in [0.4, 0.5) is 5.69 Å². The van der Waals surface area contributed by atoms with Crippen LogP contribution in [0.5, 0.6) is 0 Å². The first-order valence-electron chi connectivity index (χ1n) is 7.71. The minimum absolute atomic E-state index is 0.284. The van der Waals surface area contributed by atoms with Gasteiger partial charge in [-0.2, -0.15) is 0 Å². The van der Waals surface area contributed by atoms with E-state index in [1.54, 1.807) is 0 Å². The molecule has 1 aliphatic rings. The van der Waals surface area contributed by atoms with Crippen LogP contribution >= 0.6 is 0 Å². The van der Waals surface area contributed by atoms with Crippen molar-refractivity contribution in [2.75, 3.05) is 37.6 Å². The maximum absolute atomic E-state index is 5.63. The molecule has 0 spiro atoms. The lowest BCUT2D eigenvalue weighted by molar-refractivity contribution is 0.128. The third-order valence-corrected chi connectivity index (χ3v) is 4.26. The molecule has 1 saturated heterocycles. The van der Waals surface area contributed by atoms with Gasteiger partial charge in [0.15, 0.2) is 0 Å². The number of anilines is 1. The fourth-order valence-corrected chi connectivity index (χ4v) is 3.01. The summed E-state index contributed by atoms with van der Waals surface area (Å²) in [5.74, 6) is 0. The molecule has 0 bridgehead atoms. The molecule has 0 saturated carbocycles. The topological polar surface area (TPSA) is 32.5 Å². The van der Waals surface area contributed by atoms with E-state index in [-0.39, 0.29) is 5.54 Å². The van der Waals surface area contributed by atoms with Crippen LogP contribution in [-0.2, 0) is 6.42 Å². The van der Waals surface area contributed by atoms with Crippen molar-refractivity contribution in [2.24, 2.45) is 5.73 Å². The standard InChI is InChI=1S/C17H29N3/c1-14-13-15(7-8-18)5-6-16(14)19-9-11-20(12-10-19)17(2,3)4/h5-6,13H,7-12,18H2,1-4H3. The van der Waals surface area contributed by atoms with E-state index < -0.39 is 0 Å². The summed E-state index contributed by atoms with van der Waals surface area (Å²) < 4.78 is 0. The summed E-state index contributed by atoms with van der Waals surface area (Å²) in [5, 5.41) is 0. The van der Waals surface area contributed by atoms with Crippen molar-refractivity contribution >= 4 is 5.69 Å². The van der Waals surface area contributed by atoms with Crippen LogP contribution in [0, 0.1) is 6.92 Å². The lowest BCUT2D eigenvalue weighted by Crippen LogP contribution is -2.53. The highest BCUT2D eigenvalue weighted by molar-refractivity contribution is 5.55. The lowest BCUT2D eigenvalue weighted by atomic mass is 10.0. The van der Waals surface area contributed by atoms with E-state index in [1.807, 2.05) is 0 Å². The summed E-state index contributed by atoms with van der Waals surface area (Å²) in [6.07, 6.45) is 0.971. The largest absolute Gasteiger partial charge is 0.369 e. The predicted molar refractivity (Wildman–Crippen MR) is 87.5 cm³/mol. The molecular formula is C17H29N3. The zero-order chi connectivity index (χ0) is 14.8. The van der Waals surface area contributed by atoms with Crippen LogP contribution in [0.25, 0.3) is 0 Å². The van der Waals surface area contributed by atoms with Crippen LogP contribution in [0.1, 0.15) is 31.9 Å². The molecule has 0 unspecified atom stereocenters. The number of benzene rings is 1. The van der Waals surface area contributed by atoms with E-state index in [2.05, 4.69) is 55.7 Å². The molecule has 2 N–H and O–H groups in total. The van der Waals surface area contributed by atoms with Crippen molar-refractivity contribution in [1.29, 1.82) is 0 Å². The average Bonchev–Trinajstić information content (AvgIpc) is 2.38. The zero-order valence-corrected chi connectivity index (χ0v) is 13.4. The van der Waals surface area contributed by atoms with Gasteiger partial charge in [0.05, 0.1) is 0 Å². The molecule has 3 nitrogen and oxygen atoms in total. The first kappa shape index (κ1) is 15.3. The average molecular weight is 275 g/mol. The van der Waals surface area contributed by atoms with Crippen LogP contribution < -0.4 is 10.6 Å². The molecule has 1 aliphatic heterocycles. The van der Waals surface area contributed by atoms with Gasteiger partial charge in [0.2, 0.25) is 0 Å². The molecule has 2 rings (SSSR count). The van der Waals surface area contributed by atoms with Crippen molar-refractivity contribution in [3.8, 4) is 0 Å². The Morgan fingerprint density at radius 2 is 1.75 bits per heavy atom. The Labute approximate surface area is 123 Å². The summed E-state index contributed by atoms with van der Waals surface area (Å²) in [6.45, 7) is 14.4. The zero-order valence-electron chi connectivity index (χ0n) is 13.4. The highest BCUT2D eigenvalue weighted by Crippen LogP contribution is 2.24. The maximum Gasteiger partial charge on any atom is 0.0397 e. The number of rotatable bonds is 3. The number of aryl methyl sites for hydroxylation is 1. The number of piperazine rings is 1. The lowest BCUT2D eigenvalue weighted by Gasteiger charge is -2.43. The molecule has 0 radical (unpaired) electrons. The van der Waals surface area contributed by atoms with E-state index in [1.165, 1.54) is 16.8 Å². The van der Waals surface area contributed by atoms with Gasteiger partial charge in [-0.1, -0.05) is 12.1 Å². The minimum atomic E-state index is 0.284. The van der Waals surface area contributed by atoms with Gasteiger partial charge in [-0.25, -0.2) is 0 Å². The molecule has 0 aliphatic carbocycles. The van der Waals surface area contributed by atoms with Crippen molar-refractivity contribution in [2.45, 2.75) is 39.7 Å². The number of hydrogen-bond acceptors (Lipinski definition) is 3. The van der Waals surface area contributed by atoms with Crippen molar-refractivity contribution in [3.63, 3.8) is 0 Å². The molecule has 0 atom stereocenters. The summed E-state index contributed by atoms with van der Waals surface area (Å²) in [6, 6.07) is 6.79. The normalized spacial score (nSPS) is 17.6. The molecule has 1 aromatic rings. The molecule has 1 heterocycles. The van der Waals surface area contributed by atoms with E-state index >= 15 is 0 Å². The fraction of sp³-hybridized carbons (Fsp3) is 0.647. The van der Waals surface area contributed by atoms with Crippen LogP contribution in [-0.4, -0.2) is 43.2 Å². The van der Waals surface area contributed by atoms with Crippen LogP contribution in [0.2, 0.25) is 0 Å². The van der Waals surface area contributed by atoms with E-state index in [0.29, 0.717) is 0 Å². The quantitative estimate of drug-likeness (QED) is 0.919. The minimum Gasteiger partial charge on any atom is -0.369 e. The number of hydrogen-bond donors (Lipinski definition) is 1. The number of nitrogens with two attached hydrogens (primary N) is 1.